The molecule has 2 rings (SSSR count). The zero-order chi connectivity index (χ0) is 15.3. The zero-order valence-electron chi connectivity index (χ0n) is 10.2. The summed E-state index contributed by atoms with van der Waals surface area (Å²) < 4.78 is 61.5. The highest BCUT2D eigenvalue weighted by Crippen LogP contribution is 2.49. The number of hydrogen-bond donors (Lipinski definition) is 1. The van der Waals surface area contributed by atoms with Crippen molar-refractivity contribution in [3.8, 4) is 0 Å². The quantitative estimate of drug-likeness (QED) is 0.859. The molecule has 1 aromatic heterocycles. The molecular weight excluding hydrogens is 321 g/mol. The van der Waals surface area contributed by atoms with E-state index >= 15 is 0 Å². The highest BCUT2D eigenvalue weighted by atomic mass is 35.7. The minimum atomic E-state index is -4.53. The number of carbonyl (C=O) groups excluding carboxylic acids is 1. The van der Waals surface area contributed by atoms with Crippen LogP contribution in [-0.4, -0.2) is 30.6 Å². The maximum absolute atomic E-state index is 12.7. The number of hydrogen-bond acceptors (Lipinski definition) is 3. The first-order chi connectivity index (χ1) is 8.96. The molecule has 1 saturated carbocycles. The number of aryl methyl sites for hydroxylation is 1. The molecule has 0 unspecified atom stereocenters. The normalized spacial score (nSPS) is 17.9. The first-order valence-corrected chi connectivity index (χ1v) is 7.77. The molecule has 0 aromatic carbocycles. The summed E-state index contributed by atoms with van der Waals surface area (Å²) in [5, 5.41) is 1.91. The molecule has 0 spiro atoms. The SMILES string of the molecule is Cn1cc(S(=O)(=O)Cl)cc1C(=O)NC1(C(F)(F)F)CC1. The molecule has 1 fully saturated rings. The van der Waals surface area contributed by atoms with Crippen molar-refractivity contribution in [2.45, 2.75) is 29.5 Å². The first kappa shape index (κ1) is 15.2. The Balaban J connectivity index is 2.26. The average Bonchev–Trinajstić information content (AvgIpc) is 2.92. The summed E-state index contributed by atoms with van der Waals surface area (Å²) >= 11 is 0. The fraction of sp³-hybridized carbons (Fsp3) is 0.500. The fourth-order valence-electron chi connectivity index (χ4n) is 1.78. The largest absolute Gasteiger partial charge is 0.411 e. The van der Waals surface area contributed by atoms with Gasteiger partial charge in [0.15, 0.2) is 0 Å². The van der Waals surface area contributed by atoms with Crippen LogP contribution in [0.1, 0.15) is 23.3 Å². The monoisotopic (exact) mass is 330 g/mol. The van der Waals surface area contributed by atoms with Gasteiger partial charge in [0.25, 0.3) is 15.0 Å². The van der Waals surface area contributed by atoms with E-state index in [9.17, 15) is 26.4 Å². The third kappa shape index (κ3) is 2.64. The van der Waals surface area contributed by atoms with Crippen molar-refractivity contribution in [3.05, 3.63) is 18.0 Å². The van der Waals surface area contributed by atoms with E-state index in [1.165, 1.54) is 7.05 Å². The molecule has 1 N–H and O–H groups in total. The predicted molar refractivity (Wildman–Crippen MR) is 63.9 cm³/mol. The summed E-state index contributed by atoms with van der Waals surface area (Å²) in [5.74, 6) is -0.992. The van der Waals surface area contributed by atoms with Gasteiger partial charge in [0.2, 0.25) is 0 Å². The van der Waals surface area contributed by atoms with Crippen LogP contribution in [0.4, 0.5) is 13.2 Å². The topological polar surface area (TPSA) is 68.2 Å². The van der Waals surface area contributed by atoms with Crippen LogP contribution in [-0.2, 0) is 16.1 Å². The van der Waals surface area contributed by atoms with E-state index in [4.69, 9.17) is 10.7 Å². The number of carbonyl (C=O) groups is 1. The van der Waals surface area contributed by atoms with Gasteiger partial charge < -0.3 is 9.88 Å². The molecule has 10 heteroatoms. The zero-order valence-corrected chi connectivity index (χ0v) is 11.7. The van der Waals surface area contributed by atoms with Crippen molar-refractivity contribution in [2.75, 3.05) is 0 Å². The van der Waals surface area contributed by atoms with Gasteiger partial charge in [-0.2, -0.15) is 13.2 Å². The highest BCUT2D eigenvalue weighted by Gasteiger charge is 2.64. The van der Waals surface area contributed by atoms with Gasteiger partial charge in [0.05, 0.1) is 0 Å². The maximum Gasteiger partial charge on any atom is 0.411 e. The van der Waals surface area contributed by atoms with Gasteiger partial charge in [0.1, 0.15) is 16.1 Å². The lowest BCUT2D eigenvalue weighted by molar-refractivity contribution is -0.163. The molecule has 0 saturated heterocycles. The van der Waals surface area contributed by atoms with E-state index in [0.717, 1.165) is 16.8 Å². The van der Waals surface area contributed by atoms with Crippen molar-refractivity contribution >= 4 is 25.6 Å². The summed E-state index contributed by atoms with van der Waals surface area (Å²) in [6.45, 7) is 0. The molecule has 1 aliphatic carbocycles. The Morgan fingerprint density at radius 2 is 2.00 bits per heavy atom. The number of alkyl halides is 3. The van der Waals surface area contributed by atoms with E-state index in [1.807, 2.05) is 5.32 Å². The van der Waals surface area contributed by atoms with E-state index in [-0.39, 0.29) is 23.4 Å². The summed E-state index contributed by atoms with van der Waals surface area (Å²) in [5.41, 5.74) is -2.41. The first-order valence-electron chi connectivity index (χ1n) is 5.46. The Kier molecular flexibility index (Phi) is 3.33. The Morgan fingerprint density at radius 1 is 1.45 bits per heavy atom. The molecule has 20 heavy (non-hydrogen) atoms. The van der Waals surface area contributed by atoms with Crippen molar-refractivity contribution in [1.29, 1.82) is 0 Å². The number of nitrogens with zero attached hydrogens (tertiary/aromatic N) is 1. The van der Waals surface area contributed by atoms with Gasteiger partial charge >= 0.3 is 6.18 Å². The van der Waals surface area contributed by atoms with Gasteiger partial charge in [-0.3, -0.25) is 4.79 Å². The molecule has 1 aromatic rings. The molecule has 0 aliphatic heterocycles. The third-order valence-corrected chi connectivity index (χ3v) is 4.46. The summed E-state index contributed by atoms with van der Waals surface area (Å²) in [6, 6.07) is 0.935. The lowest BCUT2D eigenvalue weighted by Gasteiger charge is -2.20. The standard InChI is InChI=1S/C10H10ClF3N2O3S/c1-16-5-6(20(11,18)19)4-7(16)8(17)15-9(2-3-9)10(12,13)14/h4-5H,2-3H2,1H3,(H,15,17). The number of halogens is 4. The van der Waals surface area contributed by atoms with E-state index < -0.39 is 26.7 Å². The number of nitrogens with one attached hydrogen (secondary N) is 1. The molecule has 0 atom stereocenters. The van der Waals surface area contributed by atoms with E-state index in [0.29, 0.717) is 0 Å². The fourth-order valence-corrected chi connectivity index (χ4v) is 2.57. The van der Waals surface area contributed by atoms with E-state index in [1.54, 1.807) is 0 Å². The lowest BCUT2D eigenvalue weighted by atomic mass is 10.2. The molecule has 1 aliphatic rings. The minimum Gasteiger partial charge on any atom is -0.345 e. The highest BCUT2D eigenvalue weighted by molar-refractivity contribution is 8.13. The van der Waals surface area contributed by atoms with Crippen LogP contribution >= 0.6 is 10.7 Å². The number of aromatic nitrogens is 1. The van der Waals surface area contributed by atoms with Crippen LogP contribution in [0.5, 0.6) is 0 Å². The Bertz CT molecular complexity index is 662. The Labute approximate surface area is 117 Å². The second-order valence-corrected chi connectivity index (χ2v) is 7.21. The molecule has 1 heterocycles. The molecule has 1 amide bonds. The van der Waals surface area contributed by atoms with Crippen molar-refractivity contribution < 1.29 is 26.4 Å². The van der Waals surface area contributed by atoms with Crippen LogP contribution in [0.25, 0.3) is 0 Å². The van der Waals surface area contributed by atoms with Crippen LogP contribution < -0.4 is 5.32 Å². The van der Waals surface area contributed by atoms with Crippen LogP contribution in [0.2, 0.25) is 0 Å². The van der Waals surface area contributed by atoms with Crippen molar-refractivity contribution in [1.82, 2.24) is 9.88 Å². The molecular formula is C10H10ClF3N2O3S. The Hall–Kier alpha value is -1.22. The average molecular weight is 331 g/mol. The van der Waals surface area contributed by atoms with Crippen molar-refractivity contribution in [3.63, 3.8) is 0 Å². The van der Waals surface area contributed by atoms with Crippen LogP contribution in [0.15, 0.2) is 17.2 Å². The second kappa shape index (κ2) is 4.39. The predicted octanol–water partition coefficient (Wildman–Crippen LogP) is 1.78. The molecule has 5 nitrogen and oxygen atoms in total. The van der Waals surface area contributed by atoms with Gasteiger partial charge in [-0.05, 0) is 18.9 Å². The van der Waals surface area contributed by atoms with Gasteiger partial charge in [0, 0.05) is 23.9 Å². The van der Waals surface area contributed by atoms with Crippen LogP contribution in [0.3, 0.4) is 0 Å². The van der Waals surface area contributed by atoms with Gasteiger partial charge in [-0.1, -0.05) is 0 Å². The smallest absolute Gasteiger partial charge is 0.345 e. The van der Waals surface area contributed by atoms with Crippen molar-refractivity contribution in [2.24, 2.45) is 7.05 Å². The molecule has 0 bridgehead atoms. The second-order valence-electron chi connectivity index (χ2n) is 4.64. The summed E-state index contributed by atoms with van der Waals surface area (Å²) in [4.78, 5) is 11.5. The number of amides is 1. The maximum atomic E-state index is 12.7. The Morgan fingerprint density at radius 3 is 2.35 bits per heavy atom. The third-order valence-electron chi connectivity index (χ3n) is 3.14. The summed E-state index contributed by atoms with van der Waals surface area (Å²) in [6.07, 6.45) is -3.85. The van der Waals surface area contributed by atoms with E-state index in [2.05, 4.69) is 0 Å². The summed E-state index contributed by atoms with van der Waals surface area (Å²) in [7, 11) is 2.41. The van der Waals surface area contributed by atoms with Gasteiger partial charge in [-0.25, -0.2) is 8.42 Å². The van der Waals surface area contributed by atoms with Gasteiger partial charge in [-0.15, -0.1) is 0 Å². The molecule has 112 valence electrons. The number of rotatable bonds is 3. The molecule has 0 radical (unpaired) electrons. The van der Waals surface area contributed by atoms with Crippen LogP contribution in [0, 0.1) is 0 Å². The minimum absolute atomic E-state index is 0.187. The lowest BCUT2D eigenvalue weighted by Crippen LogP contribution is -2.48.